The number of carbonyl (C=O) groups is 1. The van der Waals surface area contributed by atoms with Gasteiger partial charge in [0.15, 0.2) is 11.5 Å². The highest BCUT2D eigenvalue weighted by Crippen LogP contribution is 2.54. The molecule has 0 radical (unpaired) electrons. The highest BCUT2D eigenvalue weighted by atomic mass is 35.5. The van der Waals surface area contributed by atoms with Gasteiger partial charge in [0.2, 0.25) is 0 Å². The molecule has 1 aliphatic carbocycles. The van der Waals surface area contributed by atoms with Crippen molar-refractivity contribution in [1.82, 2.24) is 24.5 Å². The summed E-state index contributed by atoms with van der Waals surface area (Å²) in [5, 5.41) is 5.88. The molecule has 0 bridgehead atoms. The number of amides is 1. The molecule has 7 nitrogen and oxygen atoms in total. The van der Waals surface area contributed by atoms with Gasteiger partial charge in [0.1, 0.15) is 21.0 Å². The Bertz CT molecular complexity index is 1180. The van der Waals surface area contributed by atoms with Crippen LogP contribution in [0.5, 0.6) is 0 Å². The molecule has 2 aliphatic rings. The van der Waals surface area contributed by atoms with Gasteiger partial charge in [0.25, 0.3) is 5.91 Å². The lowest BCUT2D eigenvalue weighted by Crippen LogP contribution is -2.36. The number of alkyl halides is 8. The first-order valence-corrected chi connectivity index (χ1v) is 10.6. The number of hydrogen-bond acceptors (Lipinski definition) is 5. The second-order valence-corrected chi connectivity index (χ2v) is 9.25. The number of nitrogens with zero attached hydrogens (tertiary/aromatic N) is 5. The molecule has 186 valence electrons. The first-order chi connectivity index (χ1) is 15.6. The second kappa shape index (κ2) is 7.76. The predicted octanol–water partition coefficient (Wildman–Crippen LogP) is 4.38. The Morgan fingerprint density at radius 3 is 2.29 bits per heavy atom. The van der Waals surface area contributed by atoms with Crippen molar-refractivity contribution in [1.29, 1.82) is 0 Å². The van der Waals surface area contributed by atoms with Gasteiger partial charge < -0.3 is 10.6 Å². The van der Waals surface area contributed by atoms with E-state index in [0.29, 0.717) is 17.5 Å². The highest BCUT2D eigenvalue weighted by Gasteiger charge is 2.64. The molecule has 0 saturated heterocycles. The molecule has 3 heterocycles. The van der Waals surface area contributed by atoms with Gasteiger partial charge in [-0.1, -0.05) is 23.4 Å². The zero-order valence-electron chi connectivity index (χ0n) is 16.8. The first-order valence-electron chi connectivity index (χ1n) is 9.34. The van der Waals surface area contributed by atoms with Crippen LogP contribution in [0.4, 0.5) is 35.1 Å². The van der Waals surface area contributed by atoms with Crippen molar-refractivity contribution in [2.75, 3.05) is 0 Å². The summed E-state index contributed by atoms with van der Waals surface area (Å²) in [6.45, 7) is 0. The number of carbonyl (C=O) groups excluding carboxylic acids is 1. The average molecular weight is 537 g/mol. The molecule has 2 N–H and O–H groups in total. The van der Waals surface area contributed by atoms with Gasteiger partial charge in [-0.25, -0.2) is 9.36 Å². The largest absolute Gasteiger partial charge is 0.459 e. The minimum Gasteiger partial charge on any atom is -0.364 e. The molecule has 2 aromatic rings. The summed E-state index contributed by atoms with van der Waals surface area (Å²) >= 11 is 7.11. The van der Waals surface area contributed by atoms with E-state index in [4.69, 9.17) is 17.3 Å². The third-order valence-electron chi connectivity index (χ3n) is 5.14. The molecule has 1 atom stereocenters. The molecule has 1 fully saturated rings. The van der Waals surface area contributed by atoms with Gasteiger partial charge in [-0.15, -0.1) is 0 Å². The molecule has 1 aliphatic heterocycles. The summed E-state index contributed by atoms with van der Waals surface area (Å²) in [5.41, 5.74) is 0.860. The Balaban J connectivity index is 1.80. The maximum Gasteiger partial charge on any atom is 0.459 e. The Kier molecular flexibility index (Phi) is 5.62. The fourth-order valence-electron chi connectivity index (χ4n) is 3.58. The van der Waals surface area contributed by atoms with E-state index in [1.54, 1.807) is 4.90 Å². The van der Waals surface area contributed by atoms with Crippen molar-refractivity contribution >= 4 is 29.3 Å². The van der Waals surface area contributed by atoms with E-state index < -0.39 is 46.6 Å². The van der Waals surface area contributed by atoms with E-state index in [1.165, 1.54) is 0 Å². The number of halogens is 9. The fraction of sp³-hybridized carbons (Fsp3) is 0.471. The third-order valence-corrected chi connectivity index (χ3v) is 6.71. The monoisotopic (exact) mass is 536 g/mol. The maximum atomic E-state index is 13.9. The van der Waals surface area contributed by atoms with Gasteiger partial charge >= 0.3 is 18.3 Å². The van der Waals surface area contributed by atoms with Crippen LogP contribution in [0.1, 0.15) is 35.0 Å². The Morgan fingerprint density at radius 1 is 1.18 bits per heavy atom. The predicted molar refractivity (Wildman–Crippen MR) is 103 cm³/mol. The van der Waals surface area contributed by atoms with Crippen molar-refractivity contribution in [3.63, 3.8) is 0 Å². The van der Waals surface area contributed by atoms with Crippen molar-refractivity contribution in [3.8, 4) is 5.82 Å². The molecule has 0 spiro atoms. The molecule has 1 saturated carbocycles. The van der Waals surface area contributed by atoms with E-state index in [0.717, 1.165) is 31.2 Å². The molecule has 2 aromatic heterocycles. The van der Waals surface area contributed by atoms with Crippen LogP contribution in [0.15, 0.2) is 22.5 Å². The van der Waals surface area contributed by atoms with Gasteiger partial charge in [-0.2, -0.15) is 45.3 Å². The van der Waals surface area contributed by atoms with E-state index in [1.807, 2.05) is 0 Å². The average Bonchev–Trinajstić information content (AvgIpc) is 3.13. The van der Waals surface area contributed by atoms with Crippen LogP contribution in [-0.2, 0) is 23.9 Å². The Labute approximate surface area is 194 Å². The van der Waals surface area contributed by atoms with Crippen molar-refractivity contribution < 1.29 is 39.9 Å². The van der Waals surface area contributed by atoms with Crippen LogP contribution >= 0.6 is 23.4 Å². The van der Waals surface area contributed by atoms with Gasteiger partial charge in [-0.3, -0.25) is 4.79 Å². The minimum atomic E-state index is -6.31. The summed E-state index contributed by atoms with van der Waals surface area (Å²) < 4.78 is 108. The van der Waals surface area contributed by atoms with Gasteiger partial charge in [0.05, 0.1) is 6.20 Å². The minimum absolute atomic E-state index is 0.0236. The first kappa shape index (κ1) is 24.6. The van der Waals surface area contributed by atoms with Gasteiger partial charge in [0, 0.05) is 24.8 Å². The lowest BCUT2D eigenvalue weighted by molar-refractivity contribution is -0.292. The summed E-state index contributed by atoms with van der Waals surface area (Å²) in [7, 11) is 0.784. The van der Waals surface area contributed by atoms with Crippen LogP contribution in [-0.4, -0.2) is 42.6 Å². The second-order valence-electron chi connectivity index (χ2n) is 7.55. The molecule has 1 unspecified atom stereocenters. The van der Waals surface area contributed by atoms with Crippen molar-refractivity contribution in [2.24, 2.45) is 12.8 Å². The number of thioether (sulfide) groups is 1. The number of aryl methyl sites for hydroxylation is 1. The molecular weight excluding hydrogens is 524 g/mol. The number of aromatic nitrogens is 4. The summed E-state index contributed by atoms with van der Waals surface area (Å²) in [6, 6.07) is -0.112. The summed E-state index contributed by atoms with van der Waals surface area (Å²) in [6.07, 6.45) is -8.43. The van der Waals surface area contributed by atoms with Crippen LogP contribution in [0.25, 0.3) is 5.82 Å². The molecule has 17 heteroatoms. The number of primary amides is 1. The van der Waals surface area contributed by atoms with Crippen molar-refractivity contribution in [3.05, 3.63) is 39.3 Å². The van der Waals surface area contributed by atoms with Crippen molar-refractivity contribution in [2.45, 2.75) is 42.5 Å². The molecule has 4 rings (SSSR count). The molecule has 34 heavy (non-hydrogen) atoms. The van der Waals surface area contributed by atoms with E-state index in [-0.39, 0.29) is 26.3 Å². The summed E-state index contributed by atoms with van der Waals surface area (Å²) in [5.74, 6) is -7.83. The number of hydrogen-bond donors (Lipinski definition) is 1. The molecule has 0 aromatic carbocycles. The quantitative estimate of drug-likeness (QED) is 0.574. The number of nitrogens with two attached hydrogens (primary N) is 1. The zero-order chi connectivity index (χ0) is 25.4. The Hall–Kier alpha value is -2.49. The van der Waals surface area contributed by atoms with E-state index in [9.17, 15) is 39.9 Å². The topological polar surface area (TPSA) is 82.0 Å². The van der Waals surface area contributed by atoms with Crippen LogP contribution in [0.3, 0.4) is 0 Å². The molecular formula is C17H13ClF8N6OS. The van der Waals surface area contributed by atoms with Crippen LogP contribution in [0, 0.1) is 0 Å². The van der Waals surface area contributed by atoms with Gasteiger partial charge in [-0.05, 0) is 12.8 Å². The van der Waals surface area contributed by atoms with Crippen LogP contribution in [0.2, 0.25) is 0 Å². The Morgan fingerprint density at radius 2 is 1.79 bits per heavy atom. The molecule has 1 amide bonds. The van der Waals surface area contributed by atoms with E-state index >= 15 is 0 Å². The van der Waals surface area contributed by atoms with Crippen LogP contribution < -0.4 is 5.73 Å². The van der Waals surface area contributed by atoms with E-state index in [2.05, 4.69) is 10.2 Å². The standard InChI is InChI=1S/C17H13ClF8N6OS/c1-30-13(8(16(21,22)23)10(29-30)15(19,20)17(24,25)26)31-5-6(4-28-31)14-32(7-2-3-7)9(12(27)33)11(18)34-14/h4-5,7,14H,2-3H2,1H3,(H2,27,33). The highest BCUT2D eigenvalue weighted by molar-refractivity contribution is 8.05. The normalized spacial score (nSPS) is 19.9. The number of rotatable bonds is 5. The SMILES string of the molecule is Cn1nc(C(F)(F)C(F)(F)F)c(C(F)(F)F)c1-n1cc(C2SC(Cl)=C(C(N)=O)N2C2CC2)cn1. The third kappa shape index (κ3) is 3.89. The smallest absolute Gasteiger partial charge is 0.364 e. The lowest BCUT2D eigenvalue weighted by Gasteiger charge is -2.26. The maximum absolute atomic E-state index is 13.9. The lowest BCUT2D eigenvalue weighted by atomic mass is 10.1. The zero-order valence-corrected chi connectivity index (χ0v) is 18.3. The summed E-state index contributed by atoms with van der Waals surface area (Å²) in [4.78, 5) is 13.4. The fourth-order valence-corrected chi connectivity index (χ4v) is 5.19.